The monoisotopic (exact) mass is 344 g/mol. The lowest BCUT2D eigenvalue weighted by Crippen LogP contribution is -2.14. The van der Waals surface area contributed by atoms with Gasteiger partial charge in [-0.05, 0) is 36.4 Å². The number of pyridine rings is 1. The van der Waals surface area contributed by atoms with Crippen LogP contribution in [0.25, 0.3) is 0 Å². The second-order valence-electron chi connectivity index (χ2n) is 4.64. The van der Waals surface area contributed by atoms with Crippen LogP contribution in [0.2, 0.25) is 0 Å². The van der Waals surface area contributed by atoms with Crippen molar-refractivity contribution in [2.45, 2.75) is 4.90 Å². The van der Waals surface area contributed by atoms with Gasteiger partial charge in [0.15, 0.2) is 5.82 Å². The van der Waals surface area contributed by atoms with Crippen molar-refractivity contribution in [3.8, 4) is 0 Å². The first-order valence-electron chi connectivity index (χ1n) is 6.76. The summed E-state index contributed by atoms with van der Waals surface area (Å²) in [6.45, 7) is 0. The van der Waals surface area contributed by atoms with E-state index in [2.05, 4.69) is 30.2 Å². The van der Waals surface area contributed by atoms with Crippen LogP contribution in [0, 0.1) is 0 Å². The molecule has 10 heteroatoms. The number of H-pyrrole nitrogens is 1. The maximum atomic E-state index is 12.3. The number of nitrogens with one attached hydrogen (secondary N) is 3. The first kappa shape index (κ1) is 15.6. The van der Waals surface area contributed by atoms with Gasteiger partial charge < -0.3 is 5.32 Å². The highest BCUT2D eigenvalue weighted by molar-refractivity contribution is 7.92. The molecule has 9 nitrogen and oxygen atoms in total. The van der Waals surface area contributed by atoms with Gasteiger partial charge in [-0.2, -0.15) is 10.1 Å². The zero-order chi connectivity index (χ0) is 17.0. The van der Waals surface area contributed by atoms with Crippen LogP contribution in [0.3, 0.4) is 0 Å². The minimum absolute atomic E-state index is 0.0793. The van der Waals surface area contributed by atoms with Gasteiger partial charge in [0, 0.05) is 11.9 Å². The topological polar surface area (TPSA) is 130 Å². The van der Waals surface area contributed by atoms with E-state index >= 15 is 0 Å². The second kappa shape index (κ2) is 6.46. The average molecular weight is 344 g/mol. The highest BCUT2D eigenvalue weighted by Crippen LogP contribution is 2.18. The Kier molecular flexibility index (Phi) is 4.20. The van der Waals surface area contributed by atoms with Crippen molar-refractivity contribution in [1.29, 1.82) is 0 Å². The third-order valence-electron chi connectivity index (χ3n) is 2.91. The Morgan fingerprint density at radius 2 is 1.79 bits per heavy atom. The van der Waals surface area contributed by atoms with Crippen molar-refractivity contribution < 1.29 is 8.42 Å². The molecule has 0 radical (unpaired) electrons. The van der Waals surface area contributed by atoms with E-state index < -0.39 is 15.7 Å². The number of aromatic amines is 1. The summed E-state index contributed by atoms with van der Waals surface area (Å²) in [5.74, 6) is 0.486. The van der Waals surface area contributed by atoms with Crippen molar-refractivity contribution in [1.82, 2.24) is 20.2 Å². The molecule has 0 fully saturated rings. The molecule has 0 amide bonds. The molecule has 0 unspecified atom stereocenters. The van der Waals surface area contributed by atoms with Crippen molar-refractivity contribution in [2.24, 2.45) is 0 Å². The summed E-state index contributed by atoms with van der Waals surface area (Å²) in [7, 11) is -3.73. The molecular formula is C14H12N6O3S. The van der Waals surface area contributed by atoms with E-state index in [9.17, 15) is 13.2 Å². The first-order chi connectivity index (χ1) is 11.5. The molecule has 2 heterocycles. The van der Waals surface area contributed by atoms with Gasteiger partial charge in [0.05, 0.1) is 11.1 Å². The summed E-state index contributed by atoms with van der Waals surface area (Å²) in [4.78, 5) is 18.7. The molecule has 3 N–H and O–H groups in total. The van der Waals surface area contributed by atoms with E-state index in [0.717, 1.165) is 0 Å². The second-order valence-corrected chi connectivity index (χ2v) is 6.32. The van der Waals surface area contributed by atoms with Crippen molar-refractivity contribution in [3.63, 3.8) is 0 Å². The molecule has 3 aromatic rings. The predicted molar refractivity (Wildman–Crippen MR) is 87.4 cm³/mol. The van der Waals surface area contributed by atoms with Crippen molar-refractivity contribution in [2.75, 3.05) is 10.0 Å². The minimum Gasteiger partial charge on any atom is -0.339 e. The van der Waals surface area contributed by atoms with Gasteiger partial charge in [0.25, 0.3) is 10.0 Å². The largest absolute Gasteiger partial charge is 0.363 e. The third kappa shape index (κ3) is 3.73. The average Bonchev–Trinajstić information content (AvgIpc) is 2.56. The lowest BCUT2D eigenvalue weighted by atomic mass is 10.3. The molecule has 0 aliphatic carbocycles. The standard InChI is InChI=1S/C14H12N6O3S/c21-14-18-13(9-16-19-14)17-10-4-6-11(7-5-10)24(22,23)20-12-3-1-2-8-15-12/h1-9H,(H,15,20)(H2,17,18,19,21). The number of sulfonamides is 1. The summed E-state index contributed by atoms with van der Waals surface area (Å²) in [6, 6.07) is 10.9. The fourth-order valence-electron chi connectivity index (χ4n) is 1.86. The lowest BCUT2D eigenvalue weighted by molar-refractivity contribution is 0.601. The van der Waals surface area contributed by atoms with Crippen LogP contribution < -0.4 is 15.7 Å². The molecular weight excluding hydrogens is 332 g/mol. The van der Waals surface area contributed by atoms with Crippen molar-refractivity contribution in [3.05, 3.63) is 65.3 Å². The third-order valence-corrected chi connectivity index (χ3v) is 4.28. The summed E-state index contributed by atoms with van der Waals surface area (Å²) in [6.07, 6.45) is 2.84. The van der Waals surface area contributed by atoms with Gasteiger partial charge in [0.2, 0.25) is 0 Å². The number of aromatic nitrogens is 4. The SMILES string of the molecule is O=c1nc(Nc2ccc(S(=O)(=O)Nc3ccccn3)cc2)cn[nH]1. The summed E-state index contributed by atoms with van der Waals surface area (Å²) >= 11 is 0. The summed E-state index contributed by atoms with van der Waals surface area (Å²) < 4.78 is 26.9. The maximum absolute atomic E-state index is 12.3. The van der Waals surface area contributed by atoms with Gasteiger partial charge in [-0.15, -0.1) is 0 Å². The van der Waals surface area contributed by atoms with Gasteiger partial charge in [-0.25, -0.2) is 23.3 Å². The smallest absolute Gasteiger partial charge is 0.339 e. The van der Waals surface area contributed by atoms with E-state index in [1.54, 1.807) is 30.3 Å². The highest BCUT2D eigenvalue weighted by Gasteiger charge is 2.14. The van der Waals surface area contributed by atoms with Crippen LogP contribution in [0.4, 0.5) is 17.3 Å². The van der Waals surface area contributed by atoms with Crippen LogP contribution in [-0.2, 0) is 10.0 Å². The van der Waals surface area contributed by atoms with Gasteiger partial charge in [-0.3, -0.25) is 4.72 Å². The van der Waals surface area contributed by atoms with E-state index in [4.69, 9.17) is 0 Å². The molecule has 2 aromatic heterocycles. The Morgan fingerprint density at radius 1 is 1.00 bits per heavy atom. The summed E-state index contributed by atoms with van der Waals surface area (Å²) in [5, 5.41) is 8.62. The predicted octanol–water partition coefficient (Wildman–Crippen LogP) is 1.10. The van der Waals surface area contributed by atoms with Crippen LogP contribution in [0.5, 0.6) is 0 Å². The Hall–Kier alpha value is -3.27. The normalized spacial score (nSPS) is 11.0. The highest BCUT2D eigenvalue weighted by atomic mass is 32.2. The molecule has 122 valence electrons. The minimum atomic E-state index is -3.73. The molecule has 24 heavy (non-hydrogen) atoms. The molecule has 0 spiro atoms. The molecule has 0 saturated heterocycles. The van der Waals surface area contributed by atoms with Crippen LogP contribution >= 0.6 is 0 Å². The lowest BCUT2D eigenvalue weighted by Gasteiger charge is -2.08. The Morgan fingerprint density at radius 3 is 2.46 bits per heavy atom. The molecule has 0 atom stereocenters. The Bertz CT molecular complexity index is 987. The first-order valence-corrected chi connectivity index (χ1v) is 8.24. The maximum Gasteiger partial charge on any atom is 0.363 e. The number of anilines is 3. The van der Waals surface area contributed by atoms with Gasteiger partial charge in [-0.1, -0.05) is 6.07 Å². The Labute approximate surface area is 136 Å². The molecule has 0 bridgehead atoms. The zero-order valence-corrected chi connectivity index (χ0v) is 13.0. The Balaban J connectivity index is 1.77. The zero-order valence-electron chi connectivity index (χ0n) is 12.2. The molecule has 0 aliphatic heterocycles. The van der Waals surface area contributed by atoms with E-state index in [1.165, 1.54) is 24.5 Å². The summed E-state index contributed by atoms with van der Waals surface area (Å²) in [5.41, 5.74) is -0.0227. The van der Waals surface area contributed by atoms with E-state index in [-0.39, 0.29) is 16.5 Å². The molecule has 0 aliphatic rings. The van der Waals surface area contributed by atoms with Gasteiger partial charge >= 0.3 is 5.69 Å². The molecule has 3 rings (SSSR count). The number of benzene rings is 1. The van der Waals surface area contributed by atoms with Crippen LogP contribution in [0.15, 0.2) is 64.5 Å². The number of nitrogens with zero attached hydrogens (tertiary/aromatic N) is 3. The fraction of sp³-hybridized carbons (Fsp3) is 0. The van der Waals surface area contributed by atoms with E-state index in [0.29, 0.717) is 5.69 Å². The fourth-order valence-corrected chi connectivity index (χ4v) is 2.87. The molecule has 1 aromatic carbocycles. The number of rotatable bonds is 5. The van der Waals surface area contributed by atoms with Crippen LogP contribution in [0.1, 0.15) is 0 Å². The number of hydrogen-bond acceptors (Lipinski definition) is 7. The van der Waals surface area contributed by atoms with E-state index in [1.807, 2.05) is 0 Å². The van der Waals surface area contributed by atoms with Crippen LogP contribution in [-0.4, -0.2) is 28.6 Å². The van der Waals surface area contributed by atoms with Gasteiger partial charge in [0.1, 0.15) is 5.82 Å². The van der Waals surface area contributed by atoms with Crippen molar-refractivity contribution >= 4 is 27.3 Å². The molecule has 0 saturated carbocycles. The quantitative estimate of drug-likeness (QED) is 0.632. The number of hydrogen-bond donors (Lipinski definition) is 3.